The standard InChI is InChI=1S/C20H28N4O3S2/c1-2-26-19(25)15-6-3-9-22(12-15)14-24-20(28)23(13-16-7-4-10-27-16)18(21-24)17-8-5-11-29-17/h5,8,11,15-16H,2-4,6-7,9-10,12-14H2,1H3/t15-,16+/m1/s1. The summed E-state index contributed by atoms with van der Waals surface area (Å²) in [6, 6.07) is 4.11. The number of carbonyl (C=O) groups excluding carboxylic acids is 1. The average molecular weight is 437 g/mol. The highest BCUT2D eigenvalue weighted by molar-refractivity contribution is 7.71. The maximum absolute atomic E-state index is 12.2. The summed E-state index contributed by atoms with van der Waals surface area (Å²) in [7, 11) is 0. The van der Waals surface area contributed by atoms with Crippen LogP contribution in [-0.2, 0) is 27.5 Å². The molecule has 0 aliphatic carbocycles. The van der Waals surface area contributed by atoms with Gasteiger partial charge in [-0.3, -0.25) is 14.3 Å². The molecule has 4 heterocycles. The second-order valence-electron chi connectivity index (χ2n) is 7.64. The summed E-state index contributed by atoms with van der Waals surface area (Å²) in [5.74, 6) is 0.743. The van der Waals surface area contributed by atoms with E-state index in [1.807, 2.05) is 17.7 Å². The molecule has 2 aromatic rings. The molecule has 2 aliphatic rings. The fourth-order valence-electron chi connectivity index (χ4n) is 4.10. The van der Waals surface area contributed by atoms with E-state index in [4.69, 9.17) is 26.8 Å². The summed E-state index contributed by atoms with van der Waals surface area (Å²) in [6.45, 7) is 6.05. The van der Waals surface area contributed by atoms with Gasteiger partial charge in [-0.2, -0.15) is 0 Å². The molecule has 7 nitrogen and oxygen atoms in total. The van der Waals surface area contributed by atoms with Crippen molar-refractivity contribution in [2.24, 2.45) is 5.92 Å². The predicted molar refractivity (Wildman–Crippen MR) is 114 cm³/mol. The van der Waals surface area contributed by atoms with E-state index < -0.39 is 0 Å². The van der Waals surface area contributed by atoms with E-state index in [9.17, 15) is 4.79 Å². The number of piperidine rings is 1. The van der Waals surface area contributed by atoms with Crippen molar-refractivity contribution < 1.29 is 14.3 Å². The van der Waals surface area contributed by atoms with Crippen LogP contribution in [0.3, 0.4) is 0 Å². The number of thiophene rings is 1. The highest BCUT2D eigenvalue weighted by Crippen LogP contribution is 2.26. The largest absolute Gasteiger partial charge is 0.466 e. The minimum atomic E-state index is -0.0935. The van der Waals surface area contributed by atoms with Crippen LogP contribution >= 0.6 is 23.6 Å². The molecule has 0 spiro atoms. The van der Waals surface area contributed by atoms with E-state index in [0.717, 1.165) is 56.1 Å². The molecule has 0 amide bonds. The van der Waals surface area contributed by atoms with Crippen molar-refractivity contribution in [1.82, 2.24) is 19.2 Å². The minimum Gasteiger partial charge on any atom is -0.466 e. The average Bonchev–Trinajstić information content (AvgIpc) is 3.47. The first-order chi connectivity index (χ1) is 14.2. The van der Waals surface area contributed by atoms with Crippen molar-refractivity contribution in [1.29, 1.82) is 0 Å². The van der Waals surface area contributed by atoms with Gasteiger partial charge in [-0.05, 0) is 62.8 Å². The number of hydrogen-bond donors (Lipinski definition) is 0. The van der Waals surface area contributed by atoms with Crippen LogP contribution in [0.4, 0.5) is 0 Å². The highest BCUT2D eigenvalue weighted by Gasteiger charge is 2.28. The molecule has 9 heteroatoms. The minimum absolute atomic E-state index is 0.0661. The highest BCUT2D eigenvalue weighted by atomic mass is 32.1. The van der Waals surface area contributed by atoms with Crippen LogP contribution < -0.4 is 0 Å². The lowest BCUT2D eigenvalue weighted by atomic mass is 9.99. The van der Waals surface area contributed by atoms with Crippen molar-refractivity contribution in [3.8, 4) is 10.7 Å². The molecule has 0 bridgehead atoms. The molecule has 158 valence electrons. The lowest BCUT2D eigenvalue weighted by molar-refractivity contribution is -0.150. The predicted octanol–water partition coefficient (Wildman–Crippen LogP) is 3.55. The Bertz CT molecular complexity index is 871. The van der Waals surface area contributed by atoms with Crippen molar-refractivity contribution in [3.05, 3.63) is 22.3 Å². The molecule has 0 unspecified atom stereocenters. The third-order valence-electron chi connectivity index (χ3n) is 5.53. The van der Waals surface area contributed by atoms with Crippen LogP contribution in [0.1, 0.15) is 32.6 Å². The Morgan fingerprint density at radius 2 is 2.31 bits per heavy atom. The van der Waals surface area contributed by atoms with Gasteiger partial charge in [0.1, 0.15) is 0 Å². The van der Waals surface area contributed by atoms with Gasteiger partial charge < -0.3 is 9.47 Å². The topological polar surface area (TPSA) is 61.5 Å². The summed E-state index contributed by atoms with van der Waals surface area (Å²) < 4.78 is 15.8. The van der Waals surface area contributed by atoms with Gasteiger partial charge in [-0.15, -0.1) is 16.4 Å². The maximum Gasteiger partial charge on any atom is 0.310 e. The van der Waals surface area contributed by atoms with Crippen molar-refractivity contribution in [3.63, 3.8) is 0 Å². The molecule has 4 rings (SSSR count). The van der Waals surface area contributed by atoms with Gasteiger partial charge in [0.25, 0.3) is 0 Å². The summed E-state index contributed by atoms with van der Waals surface area (Å²) in [5, 5.41) is 6.92. The second kappa shape index (κ2) is 9.51. The molecule has 2 saturated heterocycles. The van der Waals surface area contributed by atoms with Crippen LogP contribution in [0, 0.1) is 10.7 Å². The number of carbonyl (C=O) groups is 1. The molecule has 2 aromatic heterocycles. The fourth-order valence-corrected chi connectivity index (χ4v) is 5.08. The summed E-state index contributed by atoms with van der Waals surface area (Å²) in [4.78, 5) is 15.5. The SMILES string of the molecule is CCOC(=O)[C@@H]1CCCN(Cn2nc(-c3cccs3)n(C[C@@H]3CCCO3)c2=S)C1. The van der Waals surface area contributed by atoms with E-state index in [0.29, 0.717) is 24.6 Å². The Morgan fingerprint density at radius 1 is 1.41 bits per heavy atom. The van der Waals surface area contributed by atoms with Gasteiger partial charge in [0.05, 0.1) is 36.7 Å². The van der Waals surface area contributed by atoms with Crippen molar-refractivity contribution in [2.75, 3.05) is 26.3 Å². The zero-order valence-corrected chi connectivity index (χ0v) is 18.4. The third kappa shape index (κ3) is 4.79. The lowest BCUT2D eigenvalue weighted by Gasteiger charge is -2.31. The van der Waals surface area contributed by atoms with E-state index in [1.165, 1.54) is 0 Å². The van der Waals surface area contributed by atoms with E-state index >= 15 is 0 Å². The third-order valence-corrected chi connectivity index (χ3v) is 6.83. The van der Waals surface area contributed by atoms with Crippen molar-refractivity contribution in [2.45, 2.75) is 51.9 Å². The summed E-state index contributed by atoms with van der Waals surface area (Å²) in [5.41, 5.74) is 0. The van der Waals surface area contributed by atoms with Gasteiger partial charge in [-0.25, -0.2) is 4.68 Å². The van der Waals surface area contributed by atoms with Gasteiger partial charge in [0.15, 0.2) is 10.6 Å². The molecule has 2 aliphatic heterocycles. The Morgan fingerprint density at radius 3 is 3.03 bits per heavy atom. The van der Waals surface area contributed by atoms with Gasteiger partial charge in [0, 0.05) is 13.2 Å². The molecule has 0 saturated carbocycles. The normalized spacial score (nSPS) is 22.8. The number of hydrogen-bond acceptors (Lipinski definition) is 7. The Labute approximate surface area is 180 Å². The number of likely N-dealkylation sites (tertiary alicyclic amines) is 1. The Hall–Kier alpha value is -1.55. The Kier molecular flexibility index (Phi) is 6.79. The number of esters is 1. The maximum atomic E-state index is 12.2. The van der Waals surface area contributed by atoms with E-state index in [2.05, 4.69) is 20.9 Å². The van der Waals surface area contributed by atoms with Crippen LogP contribution in [0.25, 0.3) is 10.7 Å². The van der Waals surface area contributed by atoms with Gasteiger partial charge in [0.2, 0.25) is 0 Å². The van der Waals surface area contributed by atoms with Crippen LogP contribution in [0.2, 0.25) is 0 Å². The van der Waals surface area contributed by atoms with Gasteiger partial charge >= 0.3 is 5.97 Å². The summed E-state index contributed by atoms with van der Waals surface area (Å²) >= 11 is 7.47. The zero-order valence-electron chi connectivity index (χ0n) is 16.8. The fraction of sp³-hybridized carbons (Fsp3) is 0.650. The molecule has 29 heavy (non-hydrogen) atoms. The molecule has 0 radical (unpaired) electrons. The summed E-state index contributed by atoms with van der Waals surface area (Å²) in [6.07, 6.45) is 4.22. The van der Waals surface area contributed by atoms with E-state index in [1.54, 1.807) is 11.3 Å². The monoisotopic (exact) mass is 436 g/mol. The quantitative estimate of drug-likeness (QED) is 0.489. The molecule has 0 aromatic carbocycles. The Balaban J connectivity index is 1.54. The van der Waals surface area contributed by atoms with Crippen LogP contribution in [-0.4, -0.2) is 57.6 Å². The molecule has 2 fully saturated rings. The number of aromatic nitrogens is 3. The van der Waals surface area contributed by atoms with Crippen molar-refractivity contribution >= 4 is 29.5 Å². The molecule has 2 atom stereocenters. The number of ether oxygens (including phenoxy) is 2. The smallest absolute Gasteiger partial charge is 0.310 e. The number of rotatable bonds is 7. The zero-order chi connectivity index (χ0) is 20.2. The first-order valence-corrected chi connectivity index (χ1v) is 11.7. The number of nitrogens with zero attached hydrogens (tertiary/aromatic N) is 4. The second-order valence-corrected chi connectivity index (χ2v) is 8.95. The van der Waals surface area contributed by atoms with Crippen LogP contribution in [0.15, 0.2) is 17.5 Å². The lowest BCUT2D eigenvalue weighted by Crippen LogP contribution is -2.40. The molecular formula is C20H28N4O3S2. The van der Waals surface area contributed by atoms with Crippen LogP contribution in [0.5, 0.6) is 0 Å². The first-order valence-electron chi connectivity index (χ1n) is 10.4. The first kappa shape index (κ1) is 20.7. The molecular weight excluding hydrogens is 408 g/mol. The van der Waals surface area contributed by atoms with E-state index in [-0.39, 0.29) is 18.0 Å². The molecule has 0 N–H and O–H groups in total. The van der Waals surface area contributed by atoms with Gasteiger partial charge in [-0.1, -0.05) is 6.07 Å².